The number of anilines is 1. The van der Waals surface area contributed by atoms with Gasteiger partial charge in [-0.3, -0.25) is 0 Å². The second-order valence-electron chi connectivity index (χ2n) is 4.09. The molecule has 0 amide bonds. The van der Waals surface area contributed by atoms with Gasteiger partial charge >= 0.3 is 0 Å². The average Bonchev–Trinajstić information content (AvgIpc) is 2.91. The summed E-state index contributed by atoms with van der Waals surface area (Å²) in [5.74, 6) is 3.39. The summed E-state index contributed by atoms with van der Waals surface area (Å²) in [6.45, 7) is 4.46. The zero-order valence-electron chi connectivity index (χ0n) is 9.44. The molecule has 1 aliphatic rings. The largest absolute Gasteiger partial charge is 0.353 e. The van der Waals surface area contributed by atoms with Crippen molar-refractivity contribution in [3.05, 3.63) is 12.4 Å². The van der Waals surface area contributed by atoms with Crippen LogP contribution in [0.2, 0.25) is 0 Å². The van der Waals surface area contributed by atoms with Gasteiger partial charge in [0.1, 0.15) is 0 Å². The molecule has 15 heavy (non-hydrogen) atoms. The summed E-state index contributed by atoms with van der Waals surface area (Å²) in [4.78, 5) is 4.37. The first-order valence-corrected chi connectivity index (χ1v) is 6.84. The van der Waals surface area contributed by atoms with Gasteiger partial charge in [0.15, 0.2) is 0 Å². The van der Waals surface area contributed by atoms with Crippen molar-refractivity contribution in [3.8, 4) is 0 Å². The normalized spacial score (nSPS) is 17.7. The Morgan fingerprint density at radius 2 is 2.47 bits per heavy atom. The maximum Gasteiger partial charge on any atom is 0.203 e. The van der Waals surface area contributed by atoms with Crippen LogP contribution in [-0.4, -0.2) is 27.1 Å². The predicted octanol–water partition coefficient (Wildman–Crippen LogP) is 2.77. The minimum atomic E-state index is 0.527. The Hall–Kier alpha value is -0.640. The Labute approximate surface area is 95.7 Å². The van der Waals surface area contributed by atoms with Gasteiger partial charge in [-0.1, -0.05) is 6.92 Å². The van der Waals surface area contributed by atoms with Crippen molar-refractivity contribution >= 4 is 17.7 Å². The number of aromatic nitrogens is 2. The van der Waals surface area contributed by atoms with Crippen molar-refractivity contribution in [2.45, 2.75) is 38.8 Å². The third kappa shape index (κ3) is 2.91. The average molecular weight is 225 g/mol. The van der Waals surface area contributed by atoms with Gasteiger partial charge in [0.05, 0.1) is 0 Å². The van der Waals surface area contributed by atoms with Crippen molar-refractivity contribution in [1.29, 1.82) is 0 Å². The van der Waals surface area contributed by atoms with Crippen LogP contribution in [0.1, 0.15) is 32.7 Å². The Morgan fingerprint density at radius 3 is 3.13 bits per heavy atom. The van der Waals surface area contributed by atoms with Crippen molar-refractivity contribution in [1.82, 2.24) is 9.55 Å². The molecule has 1 heterocycles. The molecule has 0 radical (unpaired) electrons. The molecule has 1 saturated carbocycles. The molecule has 1 aromatic heterocycles. The fourth-order valence-electron chi connectivity index (χ4n) is 1.56. The number of thioether (sulfide) groups is 1. The minimum absolute atomic E-state index is 0.527. The van der Waals surface area contributed by atoms with Crippen LogP contribution in [0.25, 0.3) is 0 Å². The lowest BCUT2D eigenvalue weighted by Crippen LogP contribution is -2.13. The number of nitrogens with zero attached hydrogens (tertiary/aromatic N) is 2. The van der Waals surface area contributed by atoms with E-state index in [2.05, 4.69) is 34.9 Å². The van der Waals surface area contributed by atoms with Crippen molar-refractivity contribution in [2.24, 2.45) is 0 Å². The highest BCUT2D eigenvalue weighted by Gasteiger charge is 2.23. The summed E-state index contributed by atoms with van der Waals surface area (Å²) >= 11 is 1.98. The van der Waals surface area contributed by atoms with Crippen LogP contribution in [0.15, 0.2) is 12.4 Å². The lowest BCUT2D eigenvalue weighted by atomic mass is 10.4. The topological polar surface area (TPSA) is 29.9 Å². The number of nitrogens with one attached hydrogen (secondary N) is 1. The third-order valence-electron chi connectivity index (χ3n) is 2.62. The van der Waals surface area contributed by atoms with Gasteiger partial charge in [-0.2, -0.15) is 11.8 Å². The lowest BCUT2D eigenvalue weighted by molar-refractivity contribution is 0.614. The molecule has 1 aromatic rings. The smallest absolute Gasteiger partial charge is 0.203 e. The highest BCUT2D eigenvalue weighted by atomic mass is 32.2. The monoisotopic (exact) mass is 225 g/mol. The second-order valence-corrected chi connectivity index (χ2v) is 5.40. The summed E-state index contributed by atoms with van der Waals surface area (Å²) in [5, 5.41) is 3.46. The first kappa shape index (κ1) is 10.9. The van der Waals surface area contributed by atoms with E-state index >= 15 is 0 Å². The summed E-state index contributed by atoms with van der Waals surface area (Å²) in [6, 6.07) is 1.20. The molecule has 1 aliphatic carbocycles. The van der Waals surface area contributed by atoms with E-state index in [1.807, 2.05) is 18.0 Å². The van der Waals surface area contributed by atoms with Gasteiger partial charge in [-0.15, -0.1) is 0 Å². The van der Waals surface area contributed by atoms with Gasteiger partial charge in [0.2, 0.25) is 5.95 Å². The number of rotatable bonds is 6. The summed E-state index contributed by atoms with van der Waals surface area (Å²) in [5.41, 5.74) is 0. The van der Waals surface area contributed by atoms with Crippen LogP contribution in [0.3, 0.4) is 0 Å². The quantitative estimate of drug-likeness (QED) is 0.807. The molecule has 3 nitrogen and oxygen atoms in total. The van der Waals surface area contributed by atoms with Crippen LogP contribution in [-0.2, 0) is 0 Å². The lowest BCUT2D eigenvalue weighted by Gasteiger charge is -2.16. The standard InChI is InChI=1S/C11H19N3S/c1-3-15-8-9(2)14-7-6-12-11(14)13-10-4-5-10/h6-7,9-10H,3-5,8H2,1-2H3,(H,12,13). The highest BCUT2D eigenvalue weighted by Crippen LogP contribution is 2.25. The molecule has 84 valence electrons. The molecule has 1 unspecified atom stereocenters. The number of imidazole rings is 1. The predicted molar refractivity (Wildman–Crippen MR) is 66.6 cm³/mol. The van der Waals surface area contributed by atoms with Gasteiger partial charge in [0.25, 0.3) is 0 Å². The molecule has 0 bridgehead atoms. The molecule has 1 fully saturated rings. The summed E-state index contributed by atoms with van der Waals surface area (Å²) in [6.07, 6.45) is 6.55. The fourth-order valence-corrected chi connectivity index (χ4v) is 2.30. The van der Waals surface area contributed by atoms with Crippen molar-refractivity contribution < 1.29 is 0 Å². The van der Waals surface area contributed by atoms with Crippen LogP contribution >= 0.6 is 11.8 Å². The number of hydrogen-bond acceptors (Lipinski definition) is 3. The van der Waals surface area contributed by atoms with E-state index in [0.717, 1.165) is 11.7 Å². The molecule has 0 spiro atoms. The van der Waals surface area contributed by atoms with E-state index in [0.29, 0.717) is 12.1 Å². The van der Waals surface area contributed by atoms with E-state index < -0.39 is 0 Å². The van der Waals surface area contributed by atoms with Crippen LogP contribution in [0, 0.1) is 0 Å². The van der Waals surface area contributed by atoms with Crippen molar-refractivity contribution in [3.63, 3.8) is 0 Å². The van der Waals surface area contributed by atoms with Crippen molar-refractivity contribution in [2.75, 3.05) is 16.8 Å². The fraction of sp³-hybridized carbons (Fsp3) is 0.727. The van der Waals surface area contributed by atoms with Gasteiger partial charge in [-0.25, -0.2) is 4.98 Å². The van der Waals surface area contributed by atoms with E-state index in [4.69, 9.17) is 0 Å². The Balaban J connectivity index is 1.95. The Morgan fingerprint density at radius 1 is 1.67 bits per heavy atom. The molecule has 0 aliphatic heterocycles. The molecule has 0 saturated heterocycles. The highest BCUT2D eigenvalue weighted by molar-refractivity contribution is 7.99. The van der Waals surface area contributed by atoms with Crippen LogP contribution < -0.4 is 5.32 Å². The zero-order valence-corrected chi connectivity index (χ0v) is 10.3. The maximum atomic E-state index is 4.37. The van der Waals surface area contributed by atoms with E-state index in [1.54, 1.807) is 0 Å². The third-order valence-corrected chi connectivity index (χ3v) is 3.74. The Kier molecular flexibility index (Phi) is 3.57. The zero-order chi connectivity index (χ0) is 10.7. The first-order chi connectivity index (χ1) is 7.31. The molecular weight excluding hydrogens is 206 g/mol. The minimum Gasteiger partial charge on any atom is -0.353 e. The van der Waals surface area contributed by atoms with E-state index in [1.165, 1.54) is 18.6 Å². The molecule has 1 atom stereocenters. The summed E-state index contributed by atoms with van der Waals surface area (Å²) < 4.78 is 2.25. The van der Waals surface area contributed by atoms with Gasteiger partial charge in [0, 0.05) is 30.2 Å². The molecule has 2 rings (SSSR count). The molecule has 4 heteroatoms. The second kappa shape index (κ2) is 4.92. The van der Waals surface area contributed by atoms with Gasteiger partial charge in [-0.05, 0) is 25.5 Å². The maximum absolute atomic E-state index is 4.37. The van der Waals surface area contributed by atoms with E-state index in [-0.39, 0.29) is 0 Å². The molecule has 0 aromatic carbocycles. The molecular formula is C11H19N3S. The summed E-state index contributed by atoms with van der Waals surface area (Å²) in [7, 11) is 0. The number of hydrogen-bond donors (Lipinski definition) is 1. The van der Waals surface area contributed by atoms with Gasteiger partial charge < -0.3 is 9.88 Å². The molecule has 1 N–H and O–H groups in total. The first-order valence-electron chi connectivity index (χ1n) is 5.68. The van der Waals surface area contributed by atoms with Crippen LogP contribution in [0.5, 0.6) is 0 Å². The SMILES string of the molecule is CCSCC(C)n1ccnc1NC1CC1. The van der Waals surface area contributed by atoms with Crippen LogP contribution in [0.4, 0.5) is 5.95 Å². The Bertz CT molecular complexity index is 307. The van der Waals surface area contributed by atoms with E-state index in [9.17, 15) is 0 Å².